The third-order valence-electron chi connectivity index (χ3n) is 7.49. The third kappa shape index (κ3) is 14.5. The lowest BCUT2D eigenvalue weighted by Crippen LogP contribution is -2.41. The Bertz CT molecular complexity index is 633. The van der Waals surface area contributed by atoms with Gasteiger partial charge in [-0.3, -0.25) is 19.3 Å². The molecule has 4 heterocycles. The van der Waals surface area contributed by atoms with Crippen LogP contribution in [0.5, 0.6) is 0 Å². The highest BCUT2D eigenvalue weighted by molar-refractivity contribution is 5.74. The fourth-order valence-electron chi connectivity index (χ4n) is 5.54. The summed E-state index contributed by atoms with van der Waals surface area (Å²) >= 11 is 0. The largest absolute Gasteiger partial charge is 0.355 e. The van der Waals surface area contributed by atoms with Crippen molar-refractivity contribution in [3.05, 3.63) is 0 Å². The van der Waals surface area contributed by atoms with Gasteiger partial charge in [-0.05, 0) is 77.5 Å². The van der Waals surface area contributed by atoms with Crippen molar-refractivity contribution in [3.8, 4) is 0 Å². The van der Waals surface area contributed by atoms with Gasteiger partial charge < -0.3 is 20.0 Å². The van der Waals surface area contributed by atoms with Gasteiger partial charge in [-0.2, -0.15) is 0 Å². The number of hydrogen-bond acceptors (Lipinski definition) is 5. The zero-order valence-corrected chi connectivity index (χ0v) is 26.2. The zero-order valence-electron chi connectivity index (χ0n) is 26.2. The monoisotopic (exact) mass is 539 g/mol. The molecule has 1 unspecified atom stereocenters. The first kappa shape index (κ1) is 36.3. The topological polar surface area (TPSA) is 76.2 Å². The maximum absolute atomic E-state index is 11.3. The lowest BCUT2D eigenvalue weighted by Gasteiger charge is -2.27. The quantitative estimate of drug-likeness (QED) is 0.561. The summed E-state index contributed by atoms with van der Waals surface area (Å²) < 4.78 is 0. The van der Waals surface area contributed by atoms with E-state index in [9.17, 15) is 14.4 Å². The van der Waals surface area contributed by atoms with Gasteiger partial charge in [-0.1, -0.05) is 34.6 Å². The Kier molecular flexibility index (Phi) is 21.2. The van der Waals surface area contributed by atoms with Crippen molar-refractivity contribution >= 4 is 17.7 Å². The summed E-state index contributed by atoms with van der Waals surface area (Å²) in [6.45, 7) is 24.7. The van der Waals surface area contributed by atoms with E-state index in [0.717, 1.165) is 39.3 Å². The normalized spacial score (nSPS) is 22.6. The van der Waals surface area contributed by atoms with Crippen molar-refractivity contribution in [1.82, 2.24) is 24.9 Å². The minimum Gasteiger partial charge on any atom is -0.355 e. The minimum atomic E-state index is 0.0814. The number of nitrogens with one attached hydrogen (secondary N) is 1. The molecular weight excluding hydrogens is 478 g/mol. The Morgan fingerprint density at radius 1 is 0.684 bits per heavy atom. The van der Waals surface area contributed by atoms with Gasteiger partial charge in [0.2, 0.25) is 17.7 Å². The van der Waals surface area contributed by atoms with E-state index in [2.05, 4.69) is 26.9 Å². The van der Waals surface area contributed by atoms with Crippen molar-refractivity contribution in [2.75, 3.05) is 58.9 Å². The van der Waals surface area contributed by atoms with Crippen LogP contribution in [-0.2, 0) is 14.4 Å². The molecule has 0 spiro atoms. The Labute approximate surface area is 234 Å². The van der Waals surface area contributed by atoms with Gasteiger partial charge in [-0.15, -0.1) is 0 Å². The molecule has 4 saturated heterocycles. The second-order valence-electron chi connectivity index (χ2n) is 10.1. The summed E-state index contributed by atoms with van der Waals surface area (Å²) in [4.78, 5) is 41.5. The van der Waals surface area contributed by atoms with Gasteiger partial charge in [0, 0.05) is 65.6 Å². The number of nitrogens with zero attached hydrogens (tertiary/aromatic N) is 4. The Morgan fingerprint density at radius 2 is 1.21 bits per heavy atom. The average molecular weight is 540 g/mol. The van der Waals surface area contributed by atoms with Crippen LogP contribution in [0.4, 0.5) is 0 Å². The number of likely N-dealkylation sites (N-methyl/N-ethyl adjacent to an activating group) is 1. The maximum atomic E-state index is 11.3. The fraction of sp³-hybridized carbons (Fsp3) is 0.900. The van der Waals surface area contributed by atoms with E-state index in [1.807, 2.05) is 32.6 Å². The molecule has 0 aromatic rings. The maximum Gasteiger partial charge on any atom is 0.219 e. The minimum absolute atomic E-state index is 0.0814. The van der Waals surface area contributed by atoms with Gasteiger partial charge in [0.1, 0.15) is 0 Å². The molecule has 224 valence electrons. The molecule has 3 amide bonds. The van der Waals surface area contributed by atoms with Crippen molar-refractivity contribution in [2.24, 2.45) is 0 Å². The Balaban J connectivity index is 0.000000521. The molecule has 0 saturated carbocycles. The van der Waals surface area contributed by atoms with Crippen LogP contribution in [0.25, 0.3) is 0 Å². The molecule has 0 bridgehead atoms. The molecule has 8 nitrogen and oxygen atoms in total. The molecule has 8 heteroatoms. The SMILES string of the molecule is CC.CC.CC(=O)N1CCCC1.CC(=O)N1CCC[C@H]1CN1CCCC1.CCN1CCCC1CNC(C)=O. The van der Waals surface area contributed by atoms with Crippen molar-refractivity contribution in [3.63, 3.8) is 0 Å². The van der Waals surface area contributed by atoms with E-state index >= 15 is 0 Å². The van der Waals surface area contributed by atoms with Crippen LogP contribution in [0.1, 0.15) is 107 Å². The predicted molar refractivity (Wildman–Crippen MR) is 159 cm³/mol. The molecule has 0 aromatic carbocycles. The van der Waals surface area contributed by atoms with E-state index in [0.29, 0.717) is 12.1 Å². The van der Waals surface area contributed by atoms with Crippen LogP contribution in [0.3, 0.4) is 0 Å². The molecule has 1 N–H and O–H groups in total. The van der Waals surface area contributed by atoms with Gasteiger partial charge in [-0.25, -0.2) is 0 Å². The first-order chi connectivity index (χ1) is 18.3. The summed E-state index contributed by atoms with van der Waals surface area (Å²) in [5.41, 5.74) is 0. The molecule has 4 aliphatic rings. The van der Waals surface area contributed by atoms with Crippen LogP contribution >= 0.6 is 0 Å². The van der Waals surface area contributed by atoms with Crippen LogP contribution in [-0.4, -0.2) is 108 Å². The van der Waals surface area contributed by atoms with Gasteiger partial charge in [0.05, 0.1) is 0 Å². The van der Waals surface area contributed by atoms with E-state index < -0.39 is 0 Å². The number of rotatable bonds is 5. The highest BCUT2D eigenvalue weighted by Gasteiger charge is 2.28. The van der Waals surface area contributed by atoms with E-state index in [1.54, 1.807) is 20.8 Å². The first-order valence-corrected chi connectivity index (χ1v) is 15.5. The van der Waals surface area contributed by atoms with Gasteiger partial charge >= 0.3 is 0 Å². The Morgan fingerprint density at radius 3 is 1.68 bits per heavy atom. The van der Waals surface area contributed by atoms with Crippen LogP contribution in [0.2, 0.25) is 0 Å². The summed E-state index contributed by atoms with van der Waals surface area (Å²) in [6.07, 6.45) is 9.97. The molecule has 0 radical (unpaired) electrons. The van der Waals surface area contributed by atoms with Gasteiger partial charge in [0.15, 0.2) is 0 Å². The van der Waals surface area contributed by atoms with E-state index in [-0.39, 0.29) is 17.7 Å². The molecule has 2 atom stereocenters. The van der Waals surface area contributed by atoms with Crippen molar-refractivity contribution in [1.29, 1.82) is 0 Å². The smallest absolute Gasteiger partial charge is 0.219 e. The standard InChI is InChI=1S/C11H20N2O.C9H18N2O.C6H11NO.2C2H6/c1-10(14)13-8-4-5-11(13)9-12-6-2-3-7-12;1-3-11-6-4-5-9(11)7-10-8(2)12;1-6(8)7-4-2-3-5-7;2*1-2/h11H,2-9H2,1H3;9H,3-7H2,1-2H3,(H,10,12);2-5H2,1H3;2*1-2H3/t11-;;;;/m0..../s1. The van der Waals surface area contributed by atoms with Gasteiger partial charge in [0.25, 0.3) is 0 Å². The summed E-state index contributed by atoms with van der Waals surface area (Å²) in [5, 5.41) is 2.87. The third-order valence-corrected chi connectivity index (χ3v) is 7.49. The number of likely N-dealkylation sites (tertiary alicyclic amines) is 4. The predicted octanol–water partition coefficient (Wildman–Crippen LogP) is 4.38. The first-order valence-electron chi connectivity index (χ1n) is 15.5. The lowest BCUT2D eigenvalue weighted by atomic mass is 10.2. The zero-order chi connectivity index (χ0) is 28.9. The molecule has 4 fully saturated rings. The molecule has 0 aromatic heterocycles. The average Bonchev–Trinajstić information content (AvgIpc) is 3.73. The van der Waals surface area contributed by atoms with Crippen LogP contribution in [0.15, 0.2) is 0 Å². The highest BCUT2D eigenvalue weighted by atomic mass is 16.2. The van der Waals surface area contributed by atoms with Crippen LogP contribution < -0.4 is 5.32 Å². The highest BCUT2D eigenvalue weighted by Crippen LogP contribution is 2.20. The molecule has 4 aliphatic heterocycles. The summed E-state index contributed by atoms with van der Waals surface area (Å²) in [7, 11) is 0. The molecular formula is C30H61N5O3. The molecule has 38 heavy (non-hydrogen) atoms. The molecule has 4 rings (SSSR count). The van der Waals surface area contributed by atoms with Crippen molar-refractivity contribution in [2.45, 2.75) is 119 Å². The summed E-state index contributed by atoms with van der Waals surface area (Å²) in [5.74, 6) is 0.562. The second-order valence-corrected chi connectivity index (χ2v) is 10.1. The number of carbonyl (C=O) groups excluding carboxylic acids is 3. The van der Waals surface area contributed by atoms with Crippen molar-refractivity contribution < 1.29 is 14.4 Å². The lowest BCUT2D eigenvalue weighted by molar-refractivity contribution is -0.130. The van der Waals surface area contributed by atoms with E-state index in [4.69, 9.17) is 0 Å². The number of amides is 3. The van der Waals surface area contributed by atoms with Crippen LogP contribution in [0, 0.1) is 0 Å². The number of hydrogen-bond donors (Lipinski definition) is 1. The number of carbonyl (C=O) groups is 3. The second kappa shape index (κ2) is 22.2. The fourth-order valence-corrected chi connectivity index (χ4v) is 5.54. The van der Waals surface area contributed by atoms with E-state index in [1.165, 1.54) is 71.0 Å². The molecule has 0 aliphatic carbocycles. The summed E-state index contributed by atoms with van der Waals surface area (Å²) in [6, 6.07) is 1.09. The Hall–Kier alpha value is -1.67.